The minimum atomic E-state index is -0.0609. The Kier molecular flexibility index (Phi) is 7.26. The summed E-state index contributed by atoms with van der Waals surface area (Å²) in [7, 11) is 0. The van der Waals surface area contributed by atoms with E-state index in [1.54, 1.807) is 0 Å². The first-order valence-corrected chi connectivity index (χ1v) is 6.20. The minimum absolute atomic E-state index is 0.0609. The molecule has 1 unspecified atom stereocenters. The predicted octanol–water partition coefficient (Wildman–Crippen LogP) is 4.14. The van der Waals surface area contributed by atoms with Crippen molar-refractivity contribution >= 4 is 0 Å². The Balaban J connectivity index is 3.30. The van der Waals surface area contributed by atoms with E-state index in [0.29, 0.717) is 5.41 Å². The van der Waals surface area contributed by atoms with Gasteiger partial charge in [0, 0.05) is 0 Å². The molecule has 0 amide bonds. The molecular weight excluding hydrogens is 172 g/mol. The van der Waals surface area contributed by atoms with E-state index in [0.717, 1.165) is 12.8 Å². The maximum Gasteiger partial charge on any atom is 0.0537 e. The fourth-order valence-corrected chi connectivity index (χ4v) is 1.54. The van der Waals surface area contributed by atoms with E-state index in [1.807, 2.05) is 6.92 Å². The summed E-state index contributed by atoms with van der Waals surface area (Å²) in [6.45, 7) is 8.99. The van der Waals surface area contributed by atoms with Gasteiger partial charge in [-0.1, -0.05) is 53.4 Å². The van der Waals surface area contributed by atoms with Crippen LogP contribution in [0.15, 0.2) is 0 Å². The summed E-state index contributed by atoms with van der Waals surface area (Å²) in [5.74, 6) is 0. The molecule has 0 fully saturated rings. The standard InChI is InChI=1S/C13H28O/c1-5-12(14)10-8-7-9-11-13(3,4)6-2/h12,14H,5-11H2,1-4H3. The van der Waals surface area contributed by atoms with E-state index in [9.17, 15) is 5.11 Å². The van der Waals surface area contributed by atoms with Gasteiger partial charge in [0.1, 0.15) is 0 Å². The molecule has 0 aromatic carbocycles. The third kappa shape index (κ3) is 7.37. The van der Waals surface area contributed by atoms with E-state index in [4.69, 9.17) is 0 Å². The second-order valence-corrected chi connectivity index (χ2v) is 5.18. The summed E-state index contributed by atoms with van der Waals surface area (Å²) in [6.07, 6.45) is 8.21. The highest BCUT2D eigenvalue weighted by molar-refractivity contribution is 4.66. The molecule has 0 aliphatic rings. The molecule has 0 spiro atoms. The lowest BCUT2D eigenvalue weighted by Crippen LogP contribution is -2.09. The predicted molar refractivity (Wildman–Crippen MR) is 63.5 cm³/mol. The Hall–Kier alpha value is -0.0400. The average Bonchev–Trinajstić information content (AvgIpc) is 2.17. The Morgan fingerprint density at radius 1 is 1.07 bits per heavy atom. The van der Waals surface area contributed by atoms with Crippen LogP contribution in [0.2, 0.25) is 0 Å². The van der Waals surface area contributed by atoms with Gasteiger partial charge in [-0.15, -0.1) is 0 Å². The van der Waals surface area contributed by atoms with Crippen LogP contribution in [0.3, 0.4) is 0 Å². The Labute approximate surface area is 89.9 Å². The Morgan fingerprint density at radius 2 is 1.71 bits per heavy atom. The van der Waals surface area contributed by atoms with Gasteiger partial charge in [-0.05, 0) is 24.7 Å². The van der Waals surface area contributed by atoms with Crippen LogP contribution < -0.4 is 0 Å². The fourth-order valence-electron chi connectivity index (χ4n) is 1.54. The third-order valence-electron chi connectivity index (χ3n) is 3.32. The molecule has 0 radical (unpaired) electrons. The molecule has 1 N–H and O–H groups in total. The summed E-state index contributed by atoms with van der Waals surface area (Å²) < 4.78 is 0. The first-order chi connectivity index (χ1) is 6.52. The normalized spacial score (nSPS) is 14.4. The van der Waals surface area contributed by atoms with Gasteiger partial charge in [0.15, 0.2) is 0 Å². The van der Waals surface area contributed by atoms with Crippen LogP contribution in [0, 0.1) is 5.41 Å². The lowest BCUT2D eigenvalue weighted by Gasteiger charge is -2.22. The third-order valence-corrected chi connectivity index (χ3v) is 3.32. The van der Waals surface area contributed by atoms with Gasteiger partial charge in [0.25, 0.3) is 0 Å². The van der Waals surface area contributed by atoms with Crippen LogP contribution in [-0.2, 0) is 0 Å². The molecule has 0 aliphatic carbocycles. The topological polar surface area (TPSA) is 20.2 Å². The zero-order valence-corrected chi connectivity index (χ0v) is 10.5. The van der Waals surface area contributed by atoms with Gasteiger partial charge in [-0.25, -0.2) is 0 Å². The lowest BCUT2D eigenvalue weighted by molar-refractivity contribution is 0.156. The van der Waals surface area contributed by atoms with Crippen molar-refractivity contribution in [2.24, 2.45) is 5.41 Å². The highest BCUT2D eigenvalue weighted by atomic mass is 16.3. The number of aliphatic hydroxyl groups is 1. The highest BCUT2D eigenvalue weighted by Crippen LogP contribution is 2.27. The number of aliphatic hydroxyl groups excluding tert-OH is 1. The molecule has 1 atom stereocenters. The Bertz CT molecular complexity index is 129. The average molecular weight is 200 g/mol. The molecule has 86 valence electrons. The van der Waals surface area contributed by atoms with Gasteiger partial charge >= 0.3 is 0 Å². The Morgan fingerprint density at radius 3 is 2.21 bits per heavy atom. The molecule has 1 heteroatoms. The van der Waals surface area contributed by atoms with Crippen LogP contribution in [-0.4, -0.2) is 11.2 Å². The second-order valence-electron chi connectivity index (χ2n) is 5.18. The zero-order chi connectivity index (χ0) is 11.0. The molecule has 0 aliphatic heterocycles. The molecule has 0 aromatic heterocycles. The van der Waals surface area contributed by atoms with E-state index in [2.05, 4.69) is 20.8 Å². The minimum Gasteiger partial charge on any atom is -0.393 e. The van der Waals surface area contributed by atoms with E-state index < -0.39 is 0 Å². The van der Waals surface area contributed by atoms with E-state index >= 15 is 0 Å². The van der Waals surface area contributed by atoms with Crippen molar-refractivity contribution in [1.29, 1.82) is 0 Å². The van der Waals surface area contributed by atoms with Crippen LogP contribution in [0.4, 0.5) is 0 Å². The number of hydrogen-bond donors (Lipinski definition) is 1. The fraction of sp³-hybridized carbons (Fsp3) is 1.00. The maximum atomic E-state index is 9.36. The van der Waals surface area contributed by atoms with Gasteiger partial charge in [-0.2, -0.15) is 0 Å². The molecule has 0 heterocycles. The summed E-state index contributed by atoms with van der Waals surface area (Å²) in [5.41, 5.74) is 0.517. The largest absolute Gasteiger partial charge is 0.393 e. The summed E-state index contributed by atoms with van der Waals surface area (Å²) in [5, 5.41) is 9.36. The lowest BCUT2D eigenvalue weighted by atomic mass is 9.84. The monoisotopic (exact) mass is 200 g/mol. The SMILES string of the molecule is CCC(O)CCCCCC(C)(C)CC. The van der Waals surface area contributed by atoms with Crippen molar-refractivity contribution in [3.8, 4) is 0 Å². The number of unbranched alkanes of at least 4 members (excludes halogenated alkanes) is 2. The maximum absolute atomic E-state index is 9.36. The van der Waals surface area contributed by atoms with Crippen molar-refractivity contribution in [1.82, 2.24) is 0 Å². The van der Waals surface area contributed by atoms with Crippen LogP contribution >= 0.6 is 0 Å². The molecule has 0 saturated carbocycles. The highest BCUT2D eigenvalue weighted by Gasteiger charge is 2.13. The molecule has 0 aromatic rings. The van der Waals surface area contributed by atoms with Gasteiger partial charge in [0.2, 0.25) is 0 Å². The molecule has 0 saturated heterocycles. The second kappa shape index (κ2) is 7.28. The summed E-state index contributed by atoms with van der Waals surface area (Å²) >= 11 is 0. The van der Waals surface area contributed by atoms with Crippen LogP contribution in [0.1, 0.15) is 72.6 Å². The van der Waals surface area contributed by atoms with Crippen molar-refractivity contribution < 1.29 is 5.11 Å². The van der Waals surface area contributed by atoms with Gasteiger partial charge in [-0.3, -0.25) is 0 Å². The van der Waals surface area contributed by atoms with Gasteiger partial charge < -0.3 is 5.11 Å². The van der Waals surface area contributed by atoms with Crippen LogP contribution in [0.25, 0.3) is 0 Å². The number of rotatable bonds is 8. The molecule has 0 bridgehead atoms. The molecule has 0 rings (SSSR count). The van der Waals surface area contributed by atoms with Crippen molar-refractivity contribution in [2.45, 2.75) is 78.7 Å². The van der Waals surface area contributed by atoms with Crippen molar-refractivity contribution in [2.75, 3.05) is 0 Å². The van der Waals surface area contributed by atoms with E-state index in [-0.39, 0.29) is 6.10 Å². The zero-order valence-electron chi connectivity index (χ0n) is 10.5. The summed E-state index contributed by atoms with van der Waals surface area (Å²) in [6, 6.07) is 0. The molecule has 1 nitrogen and oxygen atoms in total. The van der Waals surface area contributed by atoms with Crippen molar-refractivity contribution in [3.63, 3.8) is 0 Å². The van der Waals surface area contributed by atoms with Crippen LogP contribution in [0.5, 0.6) is 0 Å². The molecular formula is C13H28O. The smallest absolute Gasteiger partial charge is 0.0537 e. The summed E-state index contributed by atoms with van der Waals surface area (Å²) in [4.78, 5) is 0. The van der Waals surface area contributed by atoms with Gasteiger partial charge in [0.05, 0.1) is 6.10 Å². The van der Waals surface area contributed by atoms with E-state index in [1.165, 1.54) is 32.1 Å². The first-order valence-electron chi connectivity index (χ1n) is 6.20. The van der Waals surface area contributed by atoms with Crippen molar-refractivity contribution in [3.05, 3.63) is 0 Å². The quantitative estimate of drug-likeness (QED) is 0.584. The first kappa shape index (κ1) is 14.0. The number of hydrogen-bond acceptors (Lipinski definition) is 1. The molecule has 14 heavy (non-hydrogen) atoms.